The van der Waals surface area contributed by atoms with Gasteiger partial charge in [-0.25, -0.2) is 0 Å². The first kappa shape index (κ1) is 22.6. The van der Waals surface area contributed by atoms with Gasteiger partial charge < -0.3 is 9.90 Å². The number of carbonyl (C=O) groups is 1. The summed E-state index contributed by atoms with van der Waals surface area (Å²) in [6.07, 6.45) is 1.65. The Morgan fingerprint density at radius 1 is 0.742 bits per heavy atom. The third-order valence-corrected chi connectivity index (χ3v) is 13.3. The first-order valence-electron chi connectivity index (χ1n) is 10.1. The SMILES string of the molecule is C=Cc1ccc(C(=O)[O-])cc1.Cc1cccc[c]1[Sn+]([c]1ccccc1)[c]1ccccc1. The topological polar surface area (TPSA) is 40.1 Å². The Morgan fingerprint density at radius 3 is 1.68 bits per heavy atom. The van der Waals surface area contributed by atoms with Crippen LogP contribution in [0.25, 0.3) is 6.08 Å². The molecule has 3 heteroatoms. The molecule has 4 aromatic carbocycles. The van der Waals surface area contributed by atoms with Gasteiger partial charge >= 0.3 is 128 Å². The summed E-state index contributed by atoms with van der Waals surface area (Å²) in [5, 5.41) is 10.3. The van der Waals surface area contributed by atoms with Gasteiger partial charge in [0.15, 0.2) is 0 Å². The van der Waals surface area contributed by atoms with Crippen LogP contribution in [0.1, 0.15) is 21.5 Å². The van der Waals surface area contributed by atoms with Crippen LogP contribution in [-0.4, -0.2) is 25.7 Å². The Morgan fingerprint density at radius 2 is 1.23 bits per heavy atom. The van der Waals surface area contributed by atoms with Crippen LogP contribution in [0, 0.1) is 6.92 Å². The zero-order chi connectivity index (χ0) is 22.1. The van der Waals surface area contributed by atoms with Gasteiger partial charge in [0.25, 0.3) is 0 Å². The quantitative estimate of drug-likeness (QED) is 0.387. The standard InChI is InChI=1S/C9H8O2.C7H7.2C6H5.Sn/c1-2-7-3-5-8(6-4-7)9(10)11;1-7-5-3-2-4-6-7;2*1-2-4-6-5-3-1;/h2-6H,1H2,(H,10,11);2-5H,1H3;2*1-5H;/q;;;;+1/p-1. The molecular formula is C28H24O2Sn. The predicted octanol–water partition coefficient (Wildman–Crippen LogP) is 3.20. The molecule has 0 N–H and O–H groups in total. The molecule has 4 aromatic rings. The summed E-state index contributed by atoms with van der Waals surface area (Å²) < 4.78 is 4.65. The van der Waals surface area contributed by atoms with E-state index in [1.165, 1.54) is 24.9 Å². The minimum absolute atomic E-state index is 0.190. The van der Waals surface area contributed by atoms with E-state index in [1.54, 1.807) is 21.8 Å². The third kappa shape index (κ3) is 6.19. The predicted molar refractivity (Wildman–Crippen MR) is 130 cm³/mol. The Bertz CT molecular complexity index is 1080. The van der Waals surface area contributed by atoms with E-state index in [0.717, 1.165) is 5.56 Å². The summed E-state index contributed by atoms with van der Waals surface area (Å²) in [4.78, 5) is 10.3. The zero-order valence-corrected chi connectivity index (χ0v) is 20.3. The van der Waals surface area contributed by atoms with Gasteiger partial charge in [-0.05, 0) is 11.1 Å². The minimum atomic E-state index is -2.04. The van der Waals surface area contributed by atoms with Gasteiger partial charge in [-0.2, -0.15) is 0 Å². The summed E-state index contributed by atoms with van der Waals surface area (Å²) in [7, 11) is 0. The van der Waals surface area contributed by atoms with E-state index < -0.39 is 25.7 Å². The van der Waals surface area contributed by atoms with Gasteiger partial charge in [0.2, 0.25) is 0 Å². The number of rotatable bonds is 5. The van der Waals surface area contributed by atoms with Crippen LogP contribution in [0.15, 0.2) is 116 Å². The van der Waals surface area contributed by atoms with Gasteiger partial charge in [0, 0.05) is 0 Å². The van der Waals surface area contributed by atoms with Crippen LogP contribution in [0.3, 0.4) is 0 Å². The molecule has 0 aliphatic carbocycles. The van der Waals surface area contributed by atoms with E-state index in [4.69, 9.17) is 0 Å². The second-order valence-corrected chi connectivity index (χ2v) is 14.0. The van der Waals surface area contributed by atoms with Crippen LogP contribution >= 0.6 is 0 Å². The molecule has 0 unspecified atom stereocenters. The van der Waals surface area contributed by atoms with Crippen molar-refractivity contribution in [3.8, 4) is 0 Å². The van der Waals surface area contributed by atoms with E-state index >= 15 is 0 Å². The molecule has 152 valence electrons. The van der Waals surface area contributed by atoms with Crippen molar-refractivity contribution in [3.63, 3.8) is 0 Å². The molecule has 0 fully saturated rings. The van der Waals surface area contributed by atoms with Crippen LogP contribution in [0.4, 0.5) is 0 Å². The molecule has 2 nitrogen and oxygen atoms in total. The van der Waals surface area contributed by atoms with Gasteiger partial charge in [-0.15, -0.1) is 0 Å². The molecule has 0 spiro atoms. The van der Waals surface area contributed by atoms with E-state index in [9.17, 15) is 9.90 Å². The fourth-order valence-electron chi connectivity index (χ4n) is 3.30. The fourth-order valence-corrected chi connectivity index (χ4v) is 11.1. The van der Waals surface area contributed by atoms with E-state index in [2.05, 4.69) is 98.4 Å². The monoisotopic (exact) mass is 512 g/mol. The molecule has 4 rings (SSSR count). The van der Waals surface area contributed by atoms with E-state index in [0.29, 0.717) is 0 Å². The number of aromatic carboxylic acids is 1. The van der Waals surface area contributed by atoms with Crippen LogP contribution in [0.2, 0.25) is 0 Å². The Labute approximate surface area is 191 Å². The van der Waals surface area contributed by atoms with E-state index in [-0.39, 0.29) is 5.56 Å². The number of hydrogen-bond donors (Lipinski definition) is 0. The van der Waals surface area contributed by atoms with Crippen LogP contribution in [0.5, 0.6) is 0 Å². The van der Waals surface area contributed by atoms with Crippen molar-refractivity contribution in [1.82, 2.24) is 0 Å². The molecule has 0 radical (unpaired) electrons. The average Bonchev–Trinajstić information content (AvgIpc) is 2.82. The maximum atomic E-state index is 10.3. The molecule has 0 atom stereocenters. The first-order chi connectivity index (χ1) is 15.1. The summed E-state index contributed by atoms with van der Waals surface area (Å²) in [6.45, 7) is 5.78. The maximum absolute atomic E-state index is 10.3. The van der Waals surface area contributed by atoms with Gasteiger partial charge in [-0.3, -0.25) is 0 Å². The van der Waals surface area contributed by atoms with Gasteiger partial charge in [-0.1, -0.05) is 36.9 Å². The number of benzene rings is 4. The first-order valence-corrected chi connectivity index (χ1v) is 14.4. The normalized spacial score (nSPS) is 9.84. The Kier molecular flexibility index (Phi) is 8.25. The number of carbonyl (C=O) groups excluding carboxylic acids is 1. The number of aryl methyl sites for hydroxylation is 1. The van der Waals surface area contributed by atoms with Crippen molar-refractivity contribution >= 4 is 42.5 Å². The molecule has 0 aliphatic rings. The molecule has 0 saturated carbocycles. The molecule has 0 bridgehead atoms. The fraction of sp³-hybridized carbons (Fsp3) is 0.0357. The van der Waals surface area contributed by atoms with Crippen LogP contribution < -0.4 is 15.8 Å². The van der Waals surface area contributed by atoms with Gasteiger partial charge in [0.05, 0.1) is 5.97 Å². The Balaban J connectivity index is 0.000000210. The molecular weight excluding hydrogens is 487 g/mol. The summed E-state index contributed by atoms with van der Waals surface area (Å²) in [5.41, 5.74) is 2.51. The van der Waals surface area contributed by atoms with Crippen molar-refractivity contribution in [2.75, 3.05) is 0 Å². The zero-order valence-electron chi connectivity index (χ0n) is 17.5. The van der Waals surface area contributed by atoms with Crippen molar-refractivity contribution in [1.29, 1.82) is 0 Å². The molecule has 0 aliphatic heterocycles. The van der Waals surface area contributed by atoms with Crippen molar-refractivity contribution in [3.05, 3.63) is 132 Å². The molecule has 31 heavy (non-hydrogen) atoms. The Hall–Kier alpha value is -3.11. The second-order valence-electron chi connectivity index (χ2n) is 7.04. The molecule has 0 aromatic heterocycles. The molecule has 0 saturated heterocycles. The summed E-state index contributed by atoms with van der Waals surface area (Å²) in [5.74, 6) is -1.15. The number of hydrogen-bond acceptors (Lipinski definition) is 2. The number of carboxylic acids is 1. The number of carboxylic acid groups (broad SMARTS) is 1. The van der Waals surface area contributed by atoms with Crippen molar-refractivity contribution in [2.45, 2.75) is 6.92 Å². The molecule has 0 heterocycles. The molecule has 0 amide bonds. The second kappa shape index (κ2) is 11.3. The van der Waals surface area contributed by atoms with Crippen molar-refractivity contribution in [2.24, 2.45) is 0 Å². The third-order valence-electron chi connectivity index (χ3n) is 4.92. The van der Waals surface area contributed by atoms with Crippen molar-refractivity contribution < 1.29 is 9.90 Å². The summed E-state index contributed by atoms with van der Waals surface area (Å²) >= 11 is -2.04. The summed E-state index contributed by atoms with van der Waals surface area (Å²) in [6, 6.07) is 37.3. The van der Waals surface area contributed by atoms with Crippen LogP contribution in [-0.2, 0) is 0 Å². The average molecular weight is 511 g/mol. The van der Waals surface area contributed by atoms with E-state index in [1.807, 2.05) is 0 Å². The van der Waals surface area contributed by atoms with Gasteiger partial charge in [0.1, 0.15) is 0 Å².